The highest BCUT2D eigenvalue weighted by atomic mass is 16.3. The number of hydrogen-bond acceptors (Lipinski definition) is 6. The predicted octanol–water partition coefficient (Wildman–Crippen LogP) is 0.477. The lowest BCUT2D eigenvalue weighted by atomic mass is 10.00. The minimum atomic E-state index is -0.543. The number of H-pyrrole nitrogens is 2. The van der Waals surface area contributed by atoms with E-state index in [9.17, 15) is 9.90 Å². The Labute approximate surface area is 143 Å². The molecule has 4 rings (SSSR count). The van der Waals surface area contributed by atoms with Crippen molar-refractivity contribution in [1.29, 1.82) is 0 Å². The molecule has 3 aromatic rings. The van der Waals surface area contributed by atoms with Gasteiger partial charge in [-0.1, -0.05) is 24.3 Å². The fraction of sp³-hybridized carbons (Fsp3) is 0.353. The minimum absolute atomic E-state index is 0.266. The lowest BCUT2D eigenvalue weighted by molar-refractivity contribution is 0.114. The van der Waals surface area contributed by atoms with Crippen LogP contribution in [0.25, 0.3) is 11.0 Å². The summed E-state index contributed by atoms with van der Waals surface area (Å²) in [5.74, 6) is 0.476. The number of aliphatic hydroxyl groups excluding tert-OH is 1. The second kappa shape index (κ2) is 6.66. The van der Waals surface area contributed by atoms with Gasteiger partial charge in [-0.05, 0) is 17.5 Å². The number of β-amino-alcohol motifs (C(OH)–C–C–N with tert-alkyl or cyclic N) is 1. The molecule has 0 fully saturated rings. The molecule has 1 unspecified atom stereocenters. The van der Waals surface area contributed by atoms with E-state index in [1.165, 1.54) is 17.5 Å². The standard InChI is InChI=1S/C17H20N6O2/c24-13(9-23-6-5-11-3-1-2-4-12(11)8-23)7-18-16-14-15(21-22-16)17(25)20-10-19-14/h1-4,10,13,24H,5-9H2,(H2,18,21,22)(H,19,20,25). The number of benzene rings is 1. The van der Waals surface area contributed by atoms with E-state index in [1.807, 2.05) is 0 Å². The first-order chi connectivity index (χ1) is 12.2. The Morgan fingerprint density at radius 1 is 1.32 bits per heavy atom. The lowest BCUT2D eigenvalue weighted by Gasteiger charge is -2.30. The molecule has 130 valence electrons. The molecular formula is C17H20N6O2. The molecule has 3 heterocycles. The highest BCUT2D eigenvalue weighted by Gasteiger charge is 2.19. The third kappa shape index (κ3) is 3.26. The van der Waals surface area contributed by atoms with E-state index < -0.39 is 6.10 Å². The van der Waals surface area contributed by atoms with Crippen LogP contribution in [0.2, 0.25) is 0 Å². The number of aromatic nitrogens is 4. The smallest absolute Gasteiger partial charge is 0.276 e. The molecule has 1 aliphatic heterocycles. The van der Waals surface area contributed by atoms with Crippen molar-refractivity contribution in [3.8, 4) is 0 Å². The molecule has 8 nitrogen and oxygen atoms in total. The summed E-state index contributed by atoms with van der Waals surface area (Å²) in [6.45, 7) is 2.72. The molecule has 2 aromatic heterocycles. The quantitative estimate of drug-likeness (QED) is 0.538. The maximum atomic E-state index is 11.6. The molecule has 1 aliphatic rings. The van der Waals surface area contributed by atoms with E-state index in [0.717, 1.165) is 19.5 Å². The van der Waals surface area contributed by atoms with Crippen LogP contribution in [0.15, 0.2) is 35.4 Å². The fourth-order valence-electron chi connectivity index (χ4n) is 3.26. The zero-order valence-electron chi connectivity index (χ0n) is 13.7. The maximum Gasteiger partial charge on any atom is 0.276 e. The molecule has 0 spiro atoms. The van der Waals surface area contributed by atoms with Gasteiger partial charge in [0.05, 0.1) is 12.4 Å². The number of anilines is 1. The zero-order chi connectivity index (χ0) is 17.2. The molecule has 1 atom stereocenters. The monoisotopic (exact) mass is 340 g/mol. The molecule has 25 heavy (non-hydrogen) atoms. The van der Waals surface area contributed by atoms with E-state index in [-0.39, 0.29) is 5.56 Å². The first kappa shape index (κ1) is 15.8. The summed E-state index contributed by atoms with van der Waals surface area (Å²) in [5.41, 5.74) is 3.26. The van der Waals surface area contributed by atoms with Crippen molar-refractivity contribution in [1.82, 2.24) is 25.1 Å². The highest BCUT2D eigenvalue weighted by Crippen LogP contribution is 2.19. The van der Waals surface area contributed by atoms with Gasteiger partial charge >= 0.3 is 0 Å². The third-order valence-corrected chi connectivity index (χ3v) is 4.54. The van der Waals surface area contributed by atoms with Gasteiger partial charge in [0.25, 0.3) is 5.56 Å². The van der Waals surface area contributed by atoms with Gasteiger partial charge in [0, 0.05) is 26.2 Å². The van der Waals surface area contributed by atoms with Crippen LogP contribution < -0.4 is 10.9 Å². The van der Waals surface area contributed by atoms with Crippen LogP contribution in [0, 0.1) is 0 Å². The van der Waals surface area contributed by atoms with E-state index in [4.69, 9.17) is 0 Å². The molecule has 8 heteroatoms. The molecule has 0 aliphatic carbocycles. The van der Waals surface area contributed by atoms with Gasteiger partial charge in [-0.25, -0.2) is 4.98 Å². The number of hydrogen-bond donors (Lipinski definition) is 4. The predicted molar refractivity (Wildman–Crippen MR) is 94.4 cm³/mol. The Bertz CT molecular complexity index is 934. The molecule has 4 N–H and O–H groups in total. The SMILES string of the molecule is O=c1[nH]cnc2c(NCC(O)CN3CCc4ccccc4C3)n[nH]c12. The Kier molecular flexibility index (Phi) is 4.21. The molecule has 0 amide bonds. The Morgan fingerprint density at radius 3 is 3.04 bits per heavy atom. The zero-order valence-corrected chi connectivity index (χ0v) is 13.7. The van der Waals surface area contributed by atoms with Gasteiger partial charge < -0.3 is 15.4 Å². The molecule has 0 saturated heterocycles. The first-order valence-electron chi connectivity index (χ1n) is 8.33. The van der Waals surface area contributed by atoms with Gasteiger partial charge in [0.1, 0.15) is 5.52 Å². The molecule has 0 bridgehead atoms. The normalized spacial score (nSPS) is 15.9. The third-order valence-electron chi connectivity index (χ3n) is 4.54. The summed E-state index contributed by atoms with van der Waals surface area (Å²) in [4.78, 5) is 20.5. The maximum absolute atomic E-state index is 11.6. The van der Waals surface area contributed by atoms with Crippen LogP contribution >= 0.6 is 0 Å². The second-order valence-electron chi connectivity index (χ2n) is 6.32. The van der Waals surface area contributed by atoms with E-state index >= 15 is 0 Å². The number of fused-ring (bicyclic) bond motifs is 2. The van der Waals surface area contributed by atoms with Crippen LogP contribution in [-0.4, -0.2) is 55.9 Å². The van der Waals surface area contributed by atoms with E-state index in [1.54, 1.807) is 0 Å². The fourth-order valence-corrected chi connectivity index (χ4v) is 3.26. The van der Waals surface area contributed by atoms with Crippen molar-refractivity contribution < 1.29 is 5.11 Å². The molecule has 0 saturated carbocycles. The summed E-state index contributed by atoms with van der Waals surface area (Å²) in [6, 6.07) is 8.44. The number of aliphatic hydroxyl groups is 1. The average Bonchev–Trinajstić information content (AvgIpc) is 3.04. The van der Waals surface area contributed by atoms with Crippen molar-refractivity contribution in [3.63, 3.8) is 0 Å². The van der Waals surface area contributed by atoms with Crippen LogP contribution in [0.4, 0.5) is 5.82 Å². The summed E-state index contributed by atoms with van der Waals surface area (Å²) in [7, 11) is 0. The number of nitrogens with zero attached hydrogens (tertiary/aromatic N) is 3. The van der Waals surface area contributed by atoms with Crippen molar-refractivity contribution in [2.24, 2.45) is 0 Å². The number of aromatic amines is 2. The Balaban J connectivity index is 1.36. The topological polar surface area (TPSA) is 110 Å². The highest BCUT2D eigenvalue weighted by molar-refractivity contribution is 5.84. The Morgan fingerprint density at radius 2 is 2.16 bits per heavy atom. The van der Waals surface area contributed by atoms with E-state index in [0.29, 0.717) is 29.9 Å². The summed E-state index contributed by atoms with van der Waals surface area (Å²) < 4.78 is 0. The summed E-state index contributed by atoms with van der Waals surface area (Å²) >= 11 is 0. The van der Waals surface area contributed by atoms with Gasteiger partial charge in [-0.15, -0.1) is 0 Å². The minimum Gasteiger partial charge on any atom is -0.390 e. The van der Waals surface area contributed by atoms with Gasteiger partial charge in [0.2, 0.25) is 0 Å². The largest absolute Gasteiger partial charge is 0.390 e. The number of rotatable bonds is 5. The van der Waals surface area contributed by atoms with Crippen LogP contribution in [0.3, 0.4) is 0 Å². The lowest BCUT2D eigenvalue weighted by Crippen LogP contribution is -2.39. The van der Waals surface area contributed by atoms with Crippen LogP contribution in [-0.2, 0) is 13.0 Å². The summed E-state index contributed by atoms with van der Waals surface area (Å²) in [5, 5.41) is 20.1. The summed E-state index contributed by atoms with van der Waals surface area (Å²) in [6.07, 6.45) is 1.80. The van der Waals surface area contributed by atoms with Gasteiger partial charge in [-0.3, -0.25) is 14.8 Å². The van der Waals surface area contributed by atoms with Crippen molar-refractivity contribution in [2.75, 3.05) is 25.0 Å². The molecule has 0 radical (unpaired) electrons. The molecule has 1 aromatic carbocycles. The van der Waals surface area contributed by atoms with E-state index in [2.05, 4.69) is 54.6 Å². The molecular weight excluding hydrogens is 320 g/mol. The van der Waals surface area contributed by atoms with Gasteiger partial charge in [-0.2, -0.15) is 5.10 Å². The second-order valence-corrected chi connectivity index (χ2v) is 6.32. The average molecular weight is 340 g/mol. The van der Waals surface area contributed by atoms with Crippen molar-refractivity contribution in [2.45, 2.75) is 19.1 Å². The van der Waals surface area contributed by atoms with Crippen molar-refractivity contribution in [3.05, 3.63) is 52.1 Å². The van der Waals surface area contributed by atoms with Crippen molar-refractivity contribution >= 4 is 16.9 Å². The van der Waals surface area contributed by atoms with Crippen LogP contribution in [0.5, 0.6) is 0 Å². The van der Waals surface area contributed by atoms with Gasteiger partial charge in [0.15, 0.2) is 11.3 Å². The Hall–Kier alpha value is -2.71. The first-order valence-corrected chi connectivity index (χ1v) is 8.33. The van der Waals surface area contributed by atoms with Crippen LogP contribution in [0.1, 0.15) is 11.1 Å². The number of nitrogens with one attached hydrogen (secondary N) is 3.